The molecule has 0 saturated carbocycles. The SMILES string of the molecule is C=N/C=C(\C=C(/C)c1cnc2n[nH]c(-c3nc4nccc(-c5cccc(F)c5)c4[nH]3)c2c1)NC(=O)N1CCN(C)CC1. The van der Waals surface area contributed by atoms with E-state index in [2.05, 4.69) is 52.1 Å². The van der Waals surface area contributed by atoms with E-state index in [-0.39, 0.29) is 11.8 Å². The van der Waals surface area contributed by atoms with Gasteiger partial charge in [-0.3, -0.25) is 10.1 Å². The van der Waals surface area contributed by atoms with Crippen molar-refractivity contribution in [3.05, 3.63) is 78.1 Å². The Bertz CT molecular complexity index is 1860. The second-order valence-corrected chi connectivity index (χ2v) is 10.2. The van der Waals surface area contributed by atoms with Gasteiger partial charge in [-0.25, -0.2) is 24.1 Å². The van der Waals surface area contributed by atoms with E-state index in [4.69, 9.17) is 0 Å². The largest absolute Gasteiger partial charge is 0.335 e. The van der Waals surface area contributed by atoms with Crippen LogP contribution >= 0.6 is 0 Å². The van der Waals surface area contributed by atoms with E-state index in [1.54, 1.807) is 23.4 Å². The molecule has 0 radical (unpaired) electrons. The lowest BCUT2D eigenvalue weighted by molar-refractivity contribution is 0.156. The molecule has 1 fully saturated rings. The summed E-state index contributed by atoms with van der Waals surface area (Å²) in [5, 5.41) is 11.1. The first-order valence-electron chi connectivity index (χ1n) is 13.4. The second-order valence-electron chi connectivity index (χ2n) is 10.2. The molecule has 5 aromatic rings. The number of benzene rings is 1. The van der Waals surface area contributed by atoms with Crippen molar-refractivity contribution >= 4 is 40.5 Å². The number of piperazine rings is 1. The molecule has 12 heteroatoms. The van der Waals surface area contributed by atoms with E-state index in [9.17, 15) is 9.18 Å². The second kappa shape index (κ2) is 11.3. The molecule has 3 N–H and O–H groups in total. The maximum absolute atomic E-state index is 13.9. The Hall–Kier alpha value is -5.23. The lowest BCUT2D eigenvalue weighted by atomic mass is 10.1. The van der Waals surface area contributed by atoms with Gasteiger partial charge in [0, 0.05) is 50.3 Å². The number of allylic oxidation sites excluding steroid dienone is 2. The predicted molar refractivity (Wildman–Crippen MR) is 161 cm³/mol. The quantitative estimate of drug-likeness (QED) is 0.204. The Kier molecular flexibility index (Phi) is 7.28. The van der Waals surface area contributed by atoms with Crippen LogP contribution in [0.1, 0.15) is 12.5 Å². The van der Waals surface area contributed by atoms with Crippen molar-refractivity contribution in [2.75, 3.05) is 33.2 Å². The van der Waals surface area contributed by atoms with Crippen LogP contribution in [0.5, 0.6) is 0 Å². The zero-order valence-electron chi connectivity index (χ0n) is 23.2. The number of amides is 2. The molecule has 0 bridgehead atoms. The van der Waals surface area contributed by atoms with E-state index in [0.717, 1.165) is 40.7 Å². The van der Waals surface area contributed by atoms with Crippen LogP contribution < -0.4 is 5.32 Å². The molecular weight excluding hydrogens is 535 g/mol. The monoisotopic (exact) mass is 564 g/mol. The van der Waals surface area contributed by atoms with Gasteiger partial charge in [0.15, 0.2) is 17.1 Å². The zero-order chi connectivity index (χ0) is 29.2. The van der Waals surface area contributed by atoms with Crippen LogP contribution in [0.2, 0.25) is 0 Å². The number of aromatic nitrogens is 6. The fourth-order valence-electron chi connectivity index (χ4n) is 4.95. The number of pyridine rings is 2. The lowest BCUT2D eigenvalue weighted by Crippen LogP contribution is -2.50. The number of nitrogens with one attached hydrogen (secondary N) is 3. The van der Waals surface area contributed by atoms with Gasteiger partial charge in [-0.2, -0.15) is 5.10 Å². The number of hydrogen-bond donors (Lipinski definition) is 3. The highest BCUT2D eigenvalue weighted by Crippen LogP contribution is 2.31. The van der Waals surface area contributed by atoms with E-state index in [0.29, 0.717) is 47.1 Å². The first kappa shape index (κ1) is 27.0. The van der Waals surface area contributed by atoms with Crippen LogP contribution in [-0.2, 0) is 0 Å². The number of rotatable bonds is 6. The average molecular weight is 565 g/mol. The predicted octanol–water partition coefficient (Wildman–Crippen LogP) is 4.60. The molecule has 0 spiro atoms. The van der Waals surface area contributed by atoms with E-state index < -0.39 is 0 Å². The third kappa shape index (κ3) is 5.39. The molecule has 4 aromatic heterocycles. The topological polar surface area (TPSA) is 131 Å². The first-order chi connectivity index (χ1) is 20.4. The number of carbonyl (C=O) groups is 1. The van der Waals surface area contributed by atoms with Gasteiger partial charge in [-0.05, 0) is 67.7 Å². The highest BCUT2D eigenvalue weighted by Gasteiger charge is 2.20. The molecule has 6 rings (SSSR count). The van der Waals surface area contributed by atoms with Gasteiger partial charge in [0.25, 0.3) is 0 Å². The number of imidazole rings is 1. The molecule has 2 amide bonds. The van der Waals surface area contributed by atoms with Gasteiger partial charge in [0.1, 0.15) is 11.5 Å². The third-order valence-electron chi connectivity index (χ3n) is 7.27. The number of likely N-dealkylation sites (N-methyl/N-ethyl adjacent to an activating group) is 1. The summed E-state index contributed by atoms with van der Waals surface area (Å²) in [6, 6.07) is 10.0. The molecule has 0 unspecified atom stereocenters. The summed E-state index contributed by atoms with van der Waals surface area (Å²) in [7, 11) is 2.04. The molecular formula is C30H29FN10O. The minimum atomic E-state index is -0.320. The number of H-pyrrole nitrogens is 2. The summed E-state index contributed by atoms with van der Waals surface area (Å²) in [6.45, 7) is 8.45. The van der Waals surface area contributed by atoms with Crippen LogP contribution in [0.15, 0.2) is 71.8 Å². The fraction of sp³-hybridized carbons (Fsp3) is 0.200. The van der Waals surface area contributed by atoms with Crippen molar-refractivity contribution in [3.8, 4) is 22.6 Å². The molecule has 0 atom stereocenters. The van der Waals surface area contributed by atoms with E-state index in [1.165, 1.54) is 18.3 Å². The number of nitrogens with zero attached hydrogens (tertiary/aromatic N) is 7. The van der Waals surface area contributed by atoms with Crippen molar-refractivity contribution in [1.82, 2.24) is 45.2 Å². The maximum Gasteiger partial charge on any atom is 0.321 e. The van der Waals surface area contributed by atoms with Crippen molar-refractivity contribution in [3.63, 3.8) is 0 Å². The minimum absolute atomic E-state index is 0.177. The summed E-state index contributed by atoms with van der Waals surface area (Å²) < 4.78 is 13.9. The highest BCUT2D eigenvalue weighted by molar-refractivity contribution is 5.95. The van der Waals surface area contributed by atoms with E-state index in [1.807, 2.05) is 38.2 Å². The number of hydrogen-bond acceptors (Lipinski definition) is 7. The van der Waals surface area contributed by atoms with E-state index >= 15 is 0 Å². The Labute approximate surface area is 240 Å². The normalized spacial score (nSPS) is 15.0. The summed E-state index contributed by atoms with van der Waals surface area (Å²) in [6.07, 6.45) is 6.73. The van der Waals surface area contributed by atoms with Crippen molar-refractivity contribution in [1.29, 1.82) is 0 Å². The molecule has 11 nitrogen and oxygen atoms in total. The number of halogens is 1. The summed E-state index contributed by atoms with van der Waals surface area (Å²) in [5.41, 5.74) is 6.04. The van der Waals surface area contributed by atoms with Gasteiger partial charge in [-0.1, -0.05) is 12.1 Å². The number of fused-ring (bicyclic) bond motifs is 2. The molecule has 0 aliphatic carbocycles. The van der Waals surface area contributed by atoms with Gasteiger partial charge in [0.05, 0.1) is 16.6 Å². The van der Waals surface area contributed by atoms with Gasteiger partial charge in [-0.15, -0.1) is 0 Å². The Morgan fingerprint density at radius 1 is 1.14 bits per heavy atom. The first-order valence-corrected chi connectivity index (χ1v) is 13.4. The fourth-order valence-corrected chi connectivity index (χ4v) is 4.95. The third-order valence-corrected chi connectivity index (χ3v) is 7.27. The molecule has 1 saturated heterocycles. The molecule has 5 heterocycles. The Balaban J connectivity index is 1.31. The molecule has 1 aliphatic heterocycles. The van der Waals surface area contributed by atoms with Gasteiger partial charge >= 0.3 is 6.03 Å². The Morgan fingerprint density at radius 2 is 1.98 bits per heavy atom. The summed E-state index contributed by atoms with van der Waals surface area (Å²) in [5.74, 6) is 0.208. The van der Waals surface area contributed by atoms with Gasteiger partial charge in [0.2, 0.25) is 0 Å². The zero-order valence-corrected chi connectivity index (χ0v) is 23.2. The van der Waals surface area contributed by atoms with Crippen LogP contribution in [0.3, 0.4) is 0 Å². The van der Waals surface area contributed by atoms with Crippen LogP contribution in [0.25, 0.3) is 50.4 Å². The molecule has 1 aromatic carbocycles. The van der Waals surface area contributed by atoms with Crippen molar-refractivity contribution < 1.29 is 9.18 Å². The number of urea groups is 1. The minimum Gasteiger partial charge on any atom is -0.335 e. The Morgan fingerprint density at radius 3 is 2.76 bits per heavy atom. The average Bonchev–Trinajstić information content (AvgIpc) is 3.61. The standard InChI is InChI=1S/C30H29FN10O/c1-18(13-22(17-32-2)35-30(42)41-11-9-40(3)10-12-41)20-15-24-26(38-39-27(24)34-16-20)29-36-25-23(7-8-33-28(25)37-29)19-5-4-6-21(31)14-19/h4-8,13-17H,2,9-12H2,1,3H3,(H,35,42)(H,33,36,37)(H,34,38,39)/b18-13+,22-17+. The van der Waals surface area contributed by atoms with Crippen LogP contribution in [-0.4, -0.2) is 85.9 Å². The maximum atomic E-state index is 13.9. The van der Waals surface area contributed by atoms with Crippen LogP contribution in [0, 0.1) is 5.82 Å². The number of aliphatic imine (C=N–C) groups is 1. The summed E-state index contributed by atoms with van der Waals surface area (Å²) >= 11 is 0. The van der Waals surface area contributed by atoms with Crippen molar-refractivity contribution in [2.24, 2.45) is 4.99 Å². The number of carbonyl (C=O) groups excluding carboxylic acids is 1. The lowest BCUT2D eigenvalue weighted by Gasteiger charge is -2.32. The van der Waals surface area contributed by atoms with Crippen LogP contribution in [0.4, 0.5) is 9.18 Å². The highest BCUT2D eigenvalue weighted by atomic mass is 19.1. The number of aromatic amines is 2. The molecule has 212 valence electrons. The summed E-state index contributed by atoms with van der Waals surface area (Å²) in [4.78, 5) is 37.7. The smallest absolute Gasteiger partial charge is 0.321 e. The molecule has 42 heavy (non-hydrogen) atoms. The van der Waals surface area contributed by atoms with Crippen molar-refractivity contribution in [2.45, 2.75) is 6.92 Å². The molecule has 1 aliphatic rings. The van der Waals surface area contributed by atoms with Gasteiger partial charge < -0.3 is 20.1 Å².